The summed E-state index contributed by atoms with van der Waals surface area (Å²) < 4.78 is 3.52. The minimum atomic E-state index is -0.0386. The van der Waals surface area contributed by atoms with Crippen LogP contribution in [0.3, 0.4) is 0 Å². The van der Waals surface area contributed by atoms with Gasteiger partial charge >= 0.3 is 5.69 Å². The van der Waals surface area contributed by atoms with E-state index >= 15 is 0 Å². The van der Waals surface area contributed by atoms with E-state index in [2.05, 4.69) is 39.5 Å². The highest BCUT2D eigenvalue weighted by molar-refractivity contribution is 6.30. The van der Waals surface area contributed by atoms with Crippen molar-refractivity contribution in [2.24, 2.45) is 0 Å². The summed E-state index contributed by atoms with van der Waals surface area (Å²) in [4.78, 5) is 17.5. The van der Waals surface area contributed by atoms with Crippen molar-refractivity contribution in [3.63, 3.8) is 0 Å². The normalized spacial score (nSPS) is 11.2. The number of hydrogen-bond donors (Lipinski definition) is 1. The number of hydrogen-bond acceptors (Lipinski definition) is 5. The molecule has 3 heterocycles. The molecule has 0 fully saturated rings. The number of nitrogens with zero attached hydrogens (tertiary/aromatic N) is 6. The summed E-state index contributed by atoms with van der Waals surface area (Å²) in [6.07, 6.45) is 5.35. The Kier molecular flexibility index (Phi) is 6.80. The lowest BCUT2D eigenvalue weighted by Gasteiger charge is -2.09. The minimum Gasteiger partial charge on any atom is -0.290 e. The van der Waals surface area contributed by atoms with E-state index in [1.807, 2.05) is 41.0 Å². The Morgan fingerprint density at radius 2 is 1.88 bits per heavy atom. The van der Waals surface area contributed by atoms with E-state index in [4.69, 9.17) is 11.6 Å². The van der Waals surface area contributed by atoms with Crippen LogP contribution in [0.15, 0.2) is 47.4 Å². The average Bonchev–Trinajstić information content (AvgIpc) is 3.43. The molecule has 4 rings (SSSR count). The van der Waals surface area contributed by atoms with Crippen molar-refractivity contribution in [2.45, 2.75) is 52.6 Å². The second kappa shape index (κ2) is 9.91. The molecule has 166 valence electrons. The predicted octanol–water partition coefficient (Wildman–Crippen LogP) is 4.35. The number of aromatic nitrogens is 7. The van der Waals surface area contributed by atoms with Crippen LogP contribution in [-0.4, -0.2) is 34.7 Å². The summed E-state index contributed by atoms with van der Waals surface area (Å²) in [5.74, 6) is 0.517. The van der Waals surface area contributed by atoms with E-state index in [1.165, 1.54) is 0 Å². The third kappa shape index (κ3) is 4.36. The van der Waals surface area contributed by atoms with Crippen molar-refractivity contribution in [2.75, 3.05) is 0 Å². The molecule has 0 saturated carbocycles. The van der Waals surface area contributed by atoms with Crippen LogP contribution in [0.5, 0.6) is 0 Å². The summed E-state index contributed by atoms with van der Waals surface area (Å²) >= 11 is 6.60. The Balaban J connectivity index is 1.64. The second-order valence-electron chi connectivity index (χ2n) is 7.71. The fraction of sp³-hybridized carbons (Fsp3) is 0.348. The fourth-order valence-corrected chi connectivity index (χ4v) is 4.17. The summed E-state index contributed by atoms with van der Waals surface area (Å²) in [5.41, 5.74) is 4.51. The smallest absolute Gasteiger partial charge is 0.290 e. The molecule has 0 atom stereocenters. The lowest BCUT2D eigenvalue weighted by Crippen LogP contribution is -2.25. The Morgan fingerprint density at radius 3 is 2.56 bits per heavy atom. The molecule has 1 aromatic carbocycles. The number of tetrazole rings is 1. The van der Waals surface area contributed by atoms with Crippen LogP contribution in [0, 0.1) is 0 Å². The van der Waals surface area contributed by atoms with E-state index in [0.29, 0.717) is 29.8 Å². The molecule has 0 aliphatic rings. The van der Waals surface area contributed by atoms with Crippen molar-refractivity contribution in [3.8, 4) is 22.6 Å². The van der Waals surface area contributed by atoms with Gasteiger partial charge in [0.15, 0.2) is 5.82 Å². The van der Waals surface area contributed by atoms with Crippen molar-refractivity contribution in [1.29, 1.82) is 0 Å². The van der Waals surface area contributed by atoms with E-state index in [9.17, 15) is 4.79 Å². The second-order valence-corrected chi connectivity index (χ2v) is 8.07. The third-order valence-corrected chi connectivity index (χ3v) is 5.89. The molecule has 0 aliphatic heterocycles. The third-order valence-electron chi connectivity index (χ3n) is 5.47. The van der Waals surface area contributed by atoms with Gasteiger partial charge in [0, 0.05) is 18.3 Å². The molecule has 0 bridgehead atoms. The Labute approximate surface area is 191 Å². The number of imidazole rings is 1. The Morgan fingerprint density at radius 1 is 1.06 bits per heavy atom. The van der Waals surface area contributed by atoms with Gasteiger partial charge in [0.25, 0.3) is 0 Å². The largest absolute Gasteiger partial charge is 0.329 e. The number of unbranched alkanes of at least 4 members (excludes halogenated alkanes) is 1. The van der Waals surface area contributed by atoms with Gasteiger partial charge in [-0.1, -0.05) is 68.6 Å². The van der Waals surface area contributed by atoms with Crippen LogP contribution in [0.4, 0.5) is 0 Å². The molecule has 8 nitrogen and oxygen atoms in total. The van der Waals surface area contributed by atoms with Crippen LogP contribution in [0.25, 0.3) is 22.6 Å². The van der Waals surface area contributed by atoms with Gasteiger partial charge in [-0.2, -0.15) is 0 Å². The fourth-order valence-electron chi connectivity index (χ4n) is 3.82. The van der Waals surface area contributed by atoms with Crippen LogP contribution in [0.1, 0.15) is 44.4 Å². The SMILES string of the molecule is CCCCn1c(Cl)c(CCC)n(Cc2ccc(-c3cccnc3-c3nnn[nH]3)cc2)c1=O. The van der Waals surface area contributed by atoms with E-state index < -0.39 is 0 Å². The first-order chi connectivity index (χ1) is 15.6. The van der Waals surface area contributed by atoms with Crippen LogP contribution >= 0.6 is 11.6 Å². The Bertz CT molecular complexity index is 1230. The Hall–Kier alpha value is -3.26. The lowest BCUT2D eigenvalue weighted by molar-refractivity contribution is 0.592. The van der Waals surface area contributed by atoms with Gasteiger partial charge in [-0.3, -0.25) is 14.1 Å². The predicted molar refractivity (Wildman–Crippen MR) is 125 cm³/mol. The maximum absolute atomic E-state index is 13.1. The standard InChI is InChI=1S/C23H26ClN7O/c1-3-5-14-30-21(24)19(7-4-2)31(23(30)32)15-16-9-11-17(12-10-16)18-8-6-13-25-20(18)22-26-28-29-27-22/h6,8-13H,3-5,7,14-15H2,1-2H3,(H,26,27,28,29). The van der Waals surface area contributed by atoms with Gasteiger partial charge in [-0.25, -0.2) is 9.89 Å². The van der Waals surface area contributed by atoms with Crippen LogP contribution < -0.4 is 5.69 Å². The molecular formula is C23H26ClN7O. The number of aromatic amines is 1. The topological polar surface area (TPSA) is 94.3 Å². The van der Waals surface area contributed by atoms with Gasteiger partial charge in [0.2, 0.25) is 0 Å². The minimum absolute atomic E-state index is 0.0386. The zero-order chi connectivity index (χ0) is 22.5. The summed E-state index contributed by atoms with van der Waals surface area (Å²) in [6.45, 7) is 5.34. The summed E-state index contributed by atoms with van der Waals surface area (Å²) in [5, 5.41) is 14.6. The van der Waals surface area contributed by atoms with Crippen molar-refractivity contribution >= 4 is 11.6 Å². The van der Waals surface area contributed by atoms with Gasteiger partial charge in [-0.15, -0.1) is 5.10 Å². The number of nitrogens with one attached hydrogen (secondary N) is 1. The number of halogens is 1. The molecule has 1 N–H and O–H groups in total. The first-order valence-corrected chi connectivity index (χ1v) is 11.3. The molecular weight excluding hydrogens is 426 g/mol. The van der Waals surface area contributed by atoms with Crippen molar-refractivity contribution in [3.05, 3.63) is 69.5 Å². The average molecular weight is 452 g/mol. The quantitative estimate of drug-likeness (QED) is 0.408. The zero-order valence-corrected chi connectivity index (χ0v) is 19.0. The van der Waals surface area contributed by atoms with E-state index in [0.717, 1.165) is 48.1 Å². The molecule has 0 saturated heterocycles. The molecule has 32 heavy (non-hydrogen) atoms. The molecule has 0 amide bonds. The summed E-state index contributed by atoms with van der Waals surface area (Å²) in [6, 6.07) is 12.0. The maximum Gasteiger partial charge on any atom is 0.329 e. The molecule has 3 aromatic heterocycles. The first-order valence-electron chi connectivity index (χ1n) is 10.9. The van der Waals surface area contributed by atoms with Gasteiger partial charge in [-0.05, 0) is 40.5 Å². The van der Waals surface area contributed by atoms with Gasteiger partial charge < -0.3 is 0 Å². The van der Waals surface area contributed by atoms with E-state index in [-0.39, 0.29) is 5.69 Å². The maximum atomic E-state index is 13.1. The highest BCUT2D eigenvalue weighted by atomic mass is 35.5. The van der Waals surface area contributed by atoms with Crippen molar-refractivity contribution in [1.82, 2.24) is 34.7 Å². The molecule has 0 unspecified atom stereocenters. The molecule has 9 heteroatoms. The number of H-pyrrole nitrogens is 1. The summed E-state index contributed by atoms with van der Waals surface area (Å²) in [7, 11) is 0. The van der Waals surface area contributed by atoms with Gasteiger partial charge in [0.05, 0.1) is 12.2 Å². The number of rotatable bonds is 9. The van der Waals surface area contributed by atoms with E-state index in [1.54, 1.807) is 10.8 Å². The number of pyridine rings is 1. The van der Waals surface area contributed by atoms with Crippen molar-refractivity contribution < 1.29 is 0 Å². The molecule has 0 aliphatic carbocycles. The highest BCUT2D eigenvalue weighted by Gasteiger charge is 2.18. The van der Waals surface area contributed by atoms with Gasteiger partial charge in [0.1, 0.15) is 10.8 Å². The molecule has 0 radical (unpaired) electrons. The van der Waals surface area contributed by atoms with Crippen LogP contribution in [-0.2, 0) is 19.5 Å². The molecule has 4 aromatic rings. The lowest BCUT2D eigenvalue weighted by atomic mass is 10.0. The van der Waals surface area contributed by atoms with Crippen LogP contribution in [0.2, 0.25) is 5.15 Å². The molecule has 0 spiro atoms. The first kappa shape index (κ1) is 22.0. The number of benzene rings is 1. The highest BCUT2D eigenvalue weighted by Crippen LogP contribution is 2.28. The zero-order valence-electron chi connectivity index (χ0n) is 18.3. The monoisotopic (exact) mass is 451 g/mol.